The van der Waals surface area contributed by atoms with Crippen molar-refractivity contribution in [3.8, 4) is 0 Å². The highest BCUT2D eigenvalue weighted by Crippen LogP contribution is 2.23. The molecule has 2 rings (SSSR count). The van der Waals surface area contributed by atoms with Crippen LogP contribution in [0.2, 0.25) is 0 Å². The lowest BCUT2D eigenvalue weighted by Crippen LogP contribution is -2.37. The number of nitrogen functional groups attached to an aromatic ring is 1. The summed E-state index contributed by atoms with van der Waals surface area (Å²) in [7, 11) is 0. The maximum atomic E-state index is 12.2. The predicted octanol–water partition coefficient (Wildman–Crippen LogP) is 2.31. The number of hydrogen-bond donors (Lipinski definition) is 1. The second-order valence-corrected chi connectivity index (χ2v) is 4.48. The maximum absolute atomic E-state index is 12.2. The summed E-state index contributed by atoms with van der Waals surface area (Å²) in [4.78, 5) is 15.9. The van der Waals surface area contributed by atoms with Crippen molar-refractivity contribution in [3.63, 3.8) is 0 Å². The van der Waals surface area contributed by atoms with Crippen molar-refractivity contribution in [2.45, 2.75) is 26.3 Å². The van der Waals surface area contributed by atoms with Gasteiger partial charge < -0.3 is 10.6 Å². The minimum Gasteiger partial charge on any atom is -0.399 e. The molecule has 1 saturated heterocycles. The molecule has 1 atom stereocenters. The van der Waals surface area contributed by atoms with Gasteiger partial charge in [0.25, 0.3) is 0 Å². The van der Waals surface area contributed by atoms with Crippen LogP contribution >= 0.6 is 0 Å². The molecule has 1 fully saturated rings. The fourth-order valence-corrected chi connectivity index (χ4v) is 2.08. The summed E-state index contributed by atoms with van der Waals surface area (Å²) in [6.07, 6.45) is 0.987. The Hall–Kier alpha value is -1.71. The third kappa shape index (κ3) is 2.20. The number of benzene rings is 1. The Labute approximate surface area is 102 Å². The topological polar surface area (TPSA) is 49.6 Å². The molecule has 17 heavy (non-hydrogen) atoms. The van der Waals surface area contributed by atoms with E-state index in [0.29, 0.717) is 6.04 Å². The number of carbonyl (C=O) groups excluding carboxylic acids is 1. The van der Waals surface area contributed by atoms with Crippen molar-refractivity contribution in [3.05, 3.63) is 24.3 Å². The Bertz CT molecular complexity index is 402. The van der Waals surface area contributed by atoms with Crippen LogP contribution in [0.5, 0.6) is 0 Å². The van der Waals surface area contributed by atoms with Crippen LogP contribution in [0.3, 0.4) is 0 Å². The van der Waals surface area contributed by atoms with E-state index in [1.165, 1.54) is 0 Å². The highest BCUT2D eigenvalue weighted by molar-refractivity contribution is 5.94. The smallest absolute Gasteiger partial charge is 0.324 e. The molecule has 0 spiro atoms. The zero-order chi connectivity index (χ0) is 12.4. The van der Waals surface area contributed by atoms with Gasteiger partial charge in [0.15, 0.2) is 0 Å². The van der Waals surface area contributed by atoms with Gasteiger partial charge >= 0.3 is 6.03 Å². The van der Waals surface area contributed by atoms with E-state index in [4.69, 9.17) is 5.73 Å². The average molecular weight is 233 g/mol. The first kappa shape index (κ1) is 11.8. The molecule has 4 heteroatoms. The minimum atomic E-state index is 0.101. The fraction of sp³-hybridized carbons (Fsp3) is 0.462. The van der Waals surface area contributed by atoms with Crippen LogP contribution in [0, 0.1) is 0 Å². The molecule has 0 saturated carbocycles. The van der Waals surface area contributed by atoms with Crippen molar-refractivity contribution in [2.75, 3.05) is 23.7 Å². The highest BCUT2D eigenvalue weighted by atomic mass is 16.2. The van der Waals surface area contributed by atoms with E-state index in [9.17, 15) is 4.79 Å². The van der Waals surface area contributed by atoms with E-state index in [1.54, 1.807) is 0 Å². The third-order valence-corrected chi connectivity index (χ3v) is 3.37. The molecule has 1 aromatic carbocycles. The first-order chi connectivity index (χ1) is 8.13. The third-order valence-electron chi connectivity index (χ3n) is 3.37. The van der Waals surface area contributed by atoms with Crippen molar-refractivity contribution in [1.82, 2.24) is 4.90 Å². The Morgan fingerprint density at radius 2 is 1.94 bits per heavy atom. The summed E-state index contributed by atoms with van der Waals surface area (Å²) in [5.74, 6) is 0. The molecule has 1 aliphatic rings. The zero-order valence-corrected chi connectivity index (χ0v) is 10.4. The van der Waals surface area contributed by atoms with Crippen LogP contribution in [0.25, 0.3) is 0 Å². The molecule has 92 valence electrons. The van der Waals surface area contributed by atoms with Gasteiger partial charge in [-0.15, -0.1) is 0 Å². The quantitative estimate of drug-likeness (QED) is 0.814. The molecule has 2 amide bonds. The number of anilines is 2. The summed E-state index contributed by atoms with van der Waals surface area (Å²) in [5.41, 5.74) is 7.29. The number of urea groups is 1. The van der Waals surface area contributed by atoms with E-state index in [2.05, 4.69) is 13.8 Å². The largest absolute Gasteiger partial charge is 0.399 e. The van der Waals surface area contributed by atoms with Gasteiger partial charge in [-0.3, -0.25) is 4.90 Å². The first-order valence-electron chi connectivity index (χ1n) is 6.07. The minimum absolute atomic E-state index is 0.101. The number of nitrogens with zero attached hydrogens (tertiary/aromatic N) is 2. The molecule has 0 aromatic heterocycles. The average Bonchev–Trinajstić information content (AvgIpc) is 2.71. The van der Waals surface area contributed by atoms with E-state index in [-0.39, 0.29) is 6.03 Å². The van der Waals surface area contributed by atoms with Gasteiger partial charge in [-0.25, -0.2) is 4.79 Å². The zero-order valence-electron chi connectivity index (χ0n) is 10.4. The molecule has 0 radical (unpaired) electrons. The number of carbonyl (C=O) groups is 1. The number of hydrogen-bond acceptors (Lipinski definition) is 2. The van der Waals surface area contributed by atoms with Crippen LogP contribution in [0.4, 0.5) is 16.2 Å². The summed E-state index contributed by atoms with van der Waals surface area (Å²) >= 11 is 0. The van der Waals surface area contributed by atoms with Crippen LogP contribution in [-0.4, -0.2) is 30.1 Å². The second-order valence-electron chi connectivity index (χ2n) is 4.48. The van der Waals surface area contributed by atoms with Gasteiger partial charge in [-0.2, -0.15) is 0 Å². The maximum Gasteiger partial charge on any atom is 0.324 e. The highest BCUT2D eigenvalue weighted by Gasteiger charge is 2.31. The molecular formula is C13H19N3O. The predicted molar refractivity (Wildman–Crippen MR) is 70.1 cm³/mol. The van der Waals surface area contributed by atoms with Gasteiger partial charge in [0.05, 0.1) is 0 Å². The molecule has 1 unspecified atom stereocenters. The molecule has 1 aliphatic heterocycles. The van der Waals surface area contributed by atoms with E-state index in [0.717, 1.165) is 30.9 Å². The SMILES string of the molecule is CCC(C)N1CCN(c2ccc(N)cc2)C1=O. The molecule has 1 heterocycles. The lowest BCUT2D eigenvalue weighted by atomic mass is 10.2. The molecule has 0 bridgehead atoms. The van der Waals surface area contributed by atoms with Crippen molar-refractivity contribution in [1.29, 1.82) is 0 Å². The normalized spacial score (nSPS) is 17.6. The van der Waals surface area contributed by atoms with Gasteiger partial charge in [0.2, 0.25) is 0 Å². The Kier molecular flexibility index (Phi) is 3.22. The van der Waals surface area contributed by atoms with Crippen molar-refractivity contribution >= 4 is 17.4 Å². The summed E-state index contributed by atoms with van der Waals surface area (Å²) < 4.78 is 0. The number of rotatable bonds is 3. The van der Waals surface area contributed by atoms with Crippen LogP contribution in [0.1, 0.15) is 20.3 Å². The lowest BCUT2D eigenvalue weighted by molar-refractivity contribution is 0.203. The second kappa shape index (κ2) is 4.65. The molecule has 0 aliphatic carbocycles. The van der Waals surface area contributed by atoms with Crippen molar-refractivity contribution < 1.29 is 4.79 Å². The monoisotopic (exact) mass is 233 g/mol. The standard InChI is InChI=1S/C13H19N3O/c1-3-10(2)15-8-9-16(13(15)17)12-6-4-11(14)5-7-12/h4-7,10H,3,8-9,14H2,1-2H3. The van der Waals surface area contributed by atoms with Crippen LogP contribution < -0.4 is 10.6 Å². The Morgan fingerprint density at radius 3 is 2.53 bits per heavy atom. The summed E-state index contributed by atoms with van der Waals surface area (Å²) in [6.45, 7) is 5.75. The van der Waals surface area contributed by atoms with E-state index >= 15 is 0 Å². The summed E-state index contributed by atoms with van der Waals surface area (Å²) in [6, 6.07) is 7.86. The van der Waals surface area contributed by atoms with Crippen LogP contribution in [-0.2, 0) is 0 Å². The number of nitrogens with two attached hydrogens (primary N) is 1. The van der Waals surface area contributed by atoms with Crippen molar-refractivity contribution in [2.24, 2.45) is 0 Å². The van der Waals surface area contributed by atoms with Gasteiger partial charge in [0, 0.05) is 30.5 Å². The molecule has 1 aromatic rings. The molecular weight excluding hydrogens is 214 g/mol. The first-order valence-corrected chi connectivity index (χ1v) is 6.07. The van der Waals surface area contributed by atoms with Gasteiger partial charge in [0.1, 0.15) is 0 Å². The number of amides is 2. The van der Waals surface area contributed by atoms with Gasteiger partial charge in [-0.05, 0) is 37.6 Å². The van der Waals surface area contributed by atoms with Gasteiger partial charge in [-0.1, -0.05) is 6.92 Å². The van der Waals surface area contributed by atoms with Crippen LogP contribution in [0.15, 0.2) is 24.3 Å². The fourth-order valence-electron chi connectivity index (χ4n) is 2.08. The Morgan fingerprint density at radius 1 is 1.29 bits per heavy atom. The molecule has 2 N–H and O–H groups in total. The molecule has 4 nitrogen and oxygen atoms in total. The van der Waals surface area contributed by atoms with E-state index < -0.39 is 0 Å². The Balaban J connectivity index is 2.14. The summed E-state index contributed by atoms with van der Waals surface area (Å²) in [5, 5.41) is 0. The van der Waals surface area contributed by atoms with E-state index in [1.807, 2.05) is 34.1 Å². The lowest BCUT2D eigenvalue weighted by Gasteiger charge is -2.23.